The number of hydrogen-bond acceptors (Lipinski definition) is 7. The van der Waals surface area contributed by atoms with Crippen LogP contribution in [0.2, 0.25) is 0 Å². The fourth-order valence-corrected chi connectivity index (χ4v) is 3.42. The number of nitrogens with zero attached hydrogens (tertiary/aromatic N) is 1. The van der Waals surface area contributed by atoms with Crippen molar-refractivity contribution in [1.29, 1.82) is 5.26 Å². The van der Waals surface area contributed by atoms with E-state index in [2.05, 4.69) is 41.9 Å². The summed E-state index contributed by atoms with van der Waals surface area (Å²) in [5.74, 6) is -4.95. The van der Waals surface area contributed by atoms with Crippen LogP contribution < -0.4 is 40.0 Å². The van der Waals surface area contributed by atoms with Crippen LogP contribution in [-0.2, 0) is 9.53 Å². The van der Waals surface area contributed by atoms with Gasteiger partial charge in [0.2, 0.25) is 0 Å². The molecule has 5 unspecified atom stereocenters. The van der Waals surface area contributed by atoms with Gasteiger partial charge in [-0.05, 0) is 19.4 Å². The third-order valence-corrected chi connectivity index (χ3v) is 6.13. The molecule has 2 aromatic rings. The fourth-order valence-electron chi connectivity index (χ4n) is 3.42. The normalized spacial score (nSPS) is 23.8. The number of likely N-dealkylation sites (N-methyl/N-ethyl adjacent to an activating group) is 1. The van der Waals surface area contributed by atoms with Gasteiger partial charge in [0.05, 0.1) is 6.10 Å². The van der Waals surface area contributed by atoms with Gasteiger partial charge >= 0.3 is 29.6 Å². The number of carbonyl (C=O) groups is 1. The third-order valence-electron chi connectivity index (χ3n) is 6.13. The van der Waals surface area contributed by atoms with Crippen LogP contribution in [0.15, 0.2) is 30.5 Å². The number of benzene rings is 1. The van der Waals surface area contributed by atoms with E-state index in [1.807, 2.05) is 30.5 Å². The number of nitriles is 1. The summed E-state index contributed by atoms with van der Waals surface area (Å²) >= 11 is 0. The Kier molecular flexibility index (Phi) is 16.3. The number of fused-ring (bicyclic) bond motifs is 1. The zero-order chi connectivity index (χ0) is 26.6. The van der Waals surface area contributed by atoms with Gasteiger partial charge in [0.1, 0.15) is 23.8 Å². The molecule has 1 fully saturated rings. The van der Waals surface area contributed by atoms with Gasteiger partial charge in [-0.1, -0.05) is 57.9 Å². The first-order chi connectivity index (χ1) is 16.6. The number of ether oxygens (including phenoxy) is 1. The fraction of sp³-hybridized carbons (Fsp3) is 0.600. The van der Waals surface area contributed by atoms with Crippen LogP contribution in [0, 0.1) is 17.2 Å². The smallest absolute Gasteiger partial charge is 0.544 e. The van der Waals surface area contributed by atoms with E-state index < -0.39 is 42.7 Å². The second-order valence-electron chi connectivity index (χ2n) is 8.48. The van der Waals surface area contributed by atoms with Gasteiger partial charge in [-0.2, -0.15) is 5.26 Å². The number of carboxylic acids is 1. The van der Waals surface area contributed by atoms with Crippen molar-refractivity contribution in [3.05, 3.63) is 36.2 Å². The number of rotatable bonds is 7. The summed E-state index contributed by atoms with van der Waals surface area (Å²) in [6, 6.07) is 9.13. The Morgan fingerprint density at radius 3 is 2.47 bits per heavy atom. The minimum atomic E-state index is -3.57. The van der Waals surface area contributed by atoms with Gasteiger partial charge < -0.3 is 35.2 Å². The van der Waals surface area contributed by atoms with Crippen LogP contribution in [0.1, 0.15) is 52.1 Å². The van der Waals surface area contributed by atoms with Crippen LogP contribution >= 0.6 is 0 Å². The van der Waals surface area contributed by atoms with Crippen molar-refractivity contribution in [3.8, 4) is 6.07 Å². The van der Waals surface area contributed by atoms with E-state index in [1.54, 1.807) is 0 Å². The molecule has 1 aliphatic rings. The van der Waals surface area contributed by atoms with Crippen LogP contribution in [-0.4, -0.2) is 65.1 Å². The number of alkyl halides is 2. The van der Waals surface area contributed by atoms with Crippen molar-refractivity contribution in [1.82, 2.24) is 10.3 Å². The number of carbonyl (C=O) groups excluding carboxylic acids is 1. The number of hydrogen-bond donors (Lipinski definition) is 4. The second-order valence-corrected chi connectivity index (χ2v) is 8.48. The number of aliphatic hydroxyl groups is 2. The molecular weight excluding hydrogens is 483 g/mol. The summed E-state index contributed by atoms with van der Waals surface area (Å²) in [5.41, 5.74) is 0.639. The van der Waals surface area contributed by atoms with Crippen LogP contribution in [0.25, 0.3) is 10.8 Å². The van der Waals surface area contributed by atoms with E-state index in [9.17, 15) is 23.8 Å². The van der Waals surface area contributed by atoms with E-state index in [1.165, 1.54) is 19.9 Å². The van der Waals surface area contributed by atoms with Crippen molar-refractivity contribution in [2.75, 3.05) is 13.7 Å². The molecule has 8 nitrogen and oxygen atoms in total. The van der Waals surface area contributed by atoms with Gasteiger partial charge in [-0.25, -0.2) is 8.78 Å². The molecule has 3 rings (SSSR count). The van der Waals surface area contributed by atoms with Gasteiger partial charge in [-0.15, -0.1) is 0 Å². The molecule has 5 atom stereocenters. The number of H-pyrrole nitrogens is 1. The quantitative estimate of drug-likeness (QED) is 0.356. The molecule has 0 bridgehead atoms. The number of carboxylic acid groups (broad SMARTS) is 1. The standard InChI is InChI=1S/C10H17F2NO5.C9H6N2.C6H14.Na/c1-13-5-4-7(11)10(12,9(16)17)18-8(5)6(15)2-3-14;10-5-9-8-4-2-1-3-7(8)6-11-9;1-4-6(3)5-2;/h5-8,13-15H,2-4H2,1H3,(H,16,17);1-4,6,11H;6H,4-5H2,1-3H3;/q;;;+1/p-1. The molecule has 1 aromatic heterocycles. The van der Waals surface area contributed by atoms with E-state index >= 15 is 0 Å². The van der Waals surface area contributed by atoms with Crippen LogP contribution in [0.5, 0.6) is 0 Å². The molecule has 0 radical (unpaired) electrons. The maximum atomic E-state index is 13.8. The predicted molar refractivity (Wildman–Crippen MR) is 127 cm³/mol. The van der Waals surface area contributed by atoms with Crippen LogP contribution in [0.3, 0.4) is 0 Å². The van der Waals surface area contributed by atoms with Crippen molar-refractivity contribution < 1.29 is 63.2 Å². The summed E-state index contributed by atoms with van der Waals surface area (Å²) in [6.45, 7) is 6.35. The van der Waals surface area contributed by atoms with Crippen LogP contribution in [0.4, 0.5) is 8.78 Å². The number of nitrogens with one attached hydrogen (secondary N) is 2. The number of aromatic nitrogens is 1. The topological polar surface area (TPSA) is 141 Å². The summed E-state index contributed by atoms with van der Waals surface area (Å²) in [7, 11) is 1.45. The Morgan fingerprint density at radius 2 is 2.00 bits per heavy atom. The Balaban J connectivity index is 0.000000576. The Hall–Kier alpha value is -1.58. The summed E-state index contributed by atoms with van der Waals surface area (Å²) in [5, 5.41) is 42.3. The summed E-state index contributed by atoms with van der Waals surface area (Å²) in [6.07, 6.45) is -1.10. The molecule has 196 valence electrons. The van der Waals surface area contributed by atoms with E-state index in [4.69, 9.17) is 10.4 Å². The van der Waals surface area contributed by atoms with Gasteiger partial charge in [-0.3, -0.25) is 0 Å². The van der Waals surface area contributed by atoms with E-state index in [-0.39, 0.29) is 42.6 Å². The summed E-state index contributed by atoms with van der Waals surface area (Å²) in [4.78, 5) is 13.5. The Morgan fingerprint density at radius 1 is 1.39 bits per heavy atom. The minimum absolute atomic E-state index is 0. The first kappa shape index (κ1) is 34.4. The van der Waals surface area contributed by atoms with Gasteiger partial charge in [0.15, 0.2) is 6.17 Å². The average molecular weight is 520 g/mol. The molecule has 4 N–H and O–H groups in total. The molecule has 0 spiro atoms. The van der Waals surface area contributed by atoms with Gasteiger partial charge in [0, 0.05) is 36.0 Å². The molecule has 0 amide bonds. The first-order valence-electron chi connectivity index (χ1n) is 11.7. The zero-order valence-electron chi connectivity index (χ0n) is 21.6. The predicted octanol–water partition coefficient (Wildman–Crippen LogP) is -0.654. The van der Waals surface area contributed by atoms with E-state index in [0.717, 1.165) is 16.7 Å². The molecule has 1 aromatic carbocycles. The molecule has 0 aliphatic carbocycles. The van der Waals surface area contributed by atoms with Crippen molar-refractivity contribution in [2.24, 2.45) is 5.92 Å². The van der Waals surface area contributed by atoms with Crippen molar-refractivity contribution in [2.45, 2.75) is 76.7 Å². The second kappa shape index (κ2) is 17.0. The molecule has 11 heteroatoms. The van der Waals surface area contributed by atoms with Crippen molar-refractivity contribution >= 4 is 16.7 Å². The molecular formula is C25H36F2N3NaO5. The maximum Gasteiger partial charge on any atom is 1.00 e. The minimum Gasteiger partial charge on any atom is -0.544 e. The molecule has 36 heavy (non-hydrogen) atoms. The Bertz CT molecular complexity index is 953. The first-order valence-corrected chi connectivity index (χ1v) is 11.7. The zero-order valence-corrected chi connectivity index (χ0v) is 23.6. The average Bonchev–Trinajstić information content (AvgIpc) is 3.29. The van der Waals surface area contributed by atoms with Gasteiger partial charge in [0.25, 0.3) is 5.85 Å². The number of aliphatic hydroxyl groups excluding tert-OH is 2. The molecule has 1 saturated heterocycles. The Labute approximate surface area is 233 Å². The summed E-state index contributed by atoms with van der Waals surface area (Å²) < 4.78 is 31.8. The monoisotopic (exact) mass is 519 g/mol. The largest absolute Gasteiger partial charge is 1.00 e. The number of aromatic amines is 1. The number of halogens is 2. The van der Waals surface area contributed by atoms with E-state index in [0.29, 0.717) is 5.69 Å². The number of aliphatic carboxylic acids is 1. The molecule has 2 heterocycles. The third kappa shape index (κ3) is 9.38. The SMILES string of the molecule is CCC(C)CC.CNC1CC(F)C(F)(C(=O)[O-])OC1C(O)CCO.N#Cc1[nH]cc2ccccc12.[Na+]. The molecule has 0 saturated carbocycles. The van der Waals surface area contributed by atoms with Crippen molar-refractivity contribution in [3.63, 3.8) is 0 Å². The maximum absolute atomic E-state index is 13.8. The molecule has 1 aliphatic heterocycles.